The summed E-state index contributed by atoms with van der Waals surface area (Å²) in [5.74, 6) is -0.162. The van der Waals surface area contributed by atoms with Crippen LogP contribution in [0, 0.1) is 5.82 Å². The van der Waals surface area contributed by atoms with E-state index >= 15 is 0 Å². The number of hydrogen-bond acceptors (Lipinski definition) is 2. The van der Waals surface area contributed by atoms with E-state index in [9.17, 15) is 4.39 Å². The van der Waals surface area contributed by atoms with Crippen LogP contribution in [0.1, 0.15) is 39.2 Å². The maximum atomic E-state index is 13.9. The van der Waals surface area contributed by atoms with Gasteiger partial charge in [-0.25, -0.2) is 4.39 Å². The smallest absolute Gasteiger partial charge is 0.126 e. The molecule has 0 aromatic heterocycles. The molecule has 1 aromatic rings. The maximum absolute atomic E-state index is 13.9. The Labute approximate surface area is 133 Å². The van der Waals surface area contributed by atoms with E-state index in [1.54, 1.807) is 12.1 Å². The summed E-state index contributed by atoms with van der Waals surface area (Å²) >= 11 is 5.98. The summed E-state index contributed by atoms with van der Waals surface area (Å²) in [4.78, 5) is 2.40. The van der Waals surface area contributed by atoms with E-state index in [0.717, 1.165) is 39.0 Å². The van der Waals surface area contributed by atoms with Crippen LogP contribution < -0.4 is 5.32 Å². The van der Waals surface area contributed by atoms with Crippen molar-refractivity contribution in [1.82, 2.24) is 10.2 Å². The Bertz CT molecular complexity index is 408. The average Bonchev–Trinajstić information content (AvgIpc) is 2.49. The fourth-order valence-electron chi connectivity index (χ4n) is 2.47. The summed E-state index contributed by atoms with van der Waals surface area (Å²) in [6.45, 7) is 10.6. The van der Waals surface area contributed by atoms with Crippen LogP contribution in [0.4, 0.5) is 4.39 Å². The summed E-state index contributed by atoms with van der Waals surface area (Å²) < 4.78 is 13.9. The highest BCUT2D eigenvalue weighted by molar-refractivity contribution is 6.30. The topological polar surface area (TPSA) is 15.3 Å². The number of benzene rings is 1. The van der Waals surface area contributed by atoms with Gasteiger partial charge >= 0.3 is 0 Å². The molecule has 0 bridgehead atoms. The van der Waals surface area contributed by atoms with Gasteiger partial charge in [-0.05, 0) is 69.2 Å². The van der Waals surface area contributed by atoms with E-state index in [4.69, 9.17) is 11.6 Å². The van der Waals surface area contributed by atoms with Crippen molar-refractivity contribution in [3.8, 4) is 0 Å². The first kappa shape index (κ1) is 18.4. The van der Waals surface area contributed by atoms with Crippen molar-refractivity contribution >= 4 is 11.6 Å². The zero-order chi connectivity index (χ0) is 15.7. The molecule has 0 saturated heterocycles. The molecule has 2 nitrogen and oxygen atoms in total. The monoisotopic (exact) mass is 314 g/mol. The highest BCUT2D eigenvalue weighted by Gasteiger charge is 2.13. The van der Waals surface area contributed by atoms with Gasteiger partial charge < -0.3 is 10.2 Å². The third-order valence-electron chi connectivity index (χ3n) is 3.85. The van der Waals surface area contributed by atoms with Gasteiger partial charge in [0.15, 0.2) is 0 Å². The van der Waals surface area contributed by atoms with Gasteiger partial charge in [-0.1, -0.05) is 32.4 Å². The predicted molar refractivity (Wildman–Crippen MR) is 89.6 cm³/mol. The Balaban J connectivity index is 2.66. The van der Waals surface area contributed by atoms with E-state index in [1.165, 1.54) is 6.07 Å². The first-order valence-electron chi connectivity index (χ1n) is 8.00. The second-order valence-electron chi connectivity index (χ2n) is 5.41. The summed E-state index contributed by atoms with van der Waals surface area (Å²) in [7, 11) is 0. The Morgan fingerprint density at radius 2 is 1.95 bits per heavy atom. The third kappa shape index (κ3) is 6.77. The Morgan fingerprint density at radius 3 is 2.57 bits per heavy atom. The molecule has 0 heterocycles. The summed E-state index contributed by atoms with van der Waals surface area (Å²) in [6, 6.07) is 5.09. The van der Waals surface area contributed by atoms with E-state index in [1.807, 2.05) is 0 Å². The van der Waals surface area contributed by atoms with Crippen molar-refractivity contribution in [3.05, 3.63) is 34.6 Å². The molecule has 1 atom stereocenters. The molecular formula is C17H28ClFN2. The molecule has 21 heavy (non-hydrogen) atoms. The van der Waals surface area contributed by atoms with Crippen molar-refractivity contribution in [1.29, 1.82) is 0 Å². The van der Waals surface area contributed by atoms with Gasteiger partial charge in [0, 0.05) is 11.1 Å². The van der Waals surface area contributed by atoms with Crippen molar-refractivity contribution in [3.63, 3.8) is 0 Å². The highest BCUT2D eigenvalue weighted by atomic mass is 35.5. The number of nitrogens with zero attached hydrogens (tertiary/aromatic N) is 1. The zero-order valence-corrected chi connectivity index (χ0v) is 14.2. The lowest BCUT2D eigenvalue weighted by molar-refractivity contribution is 0.280. The zero-order valence-electron chi connectivity index (χ0n) is 13.5. The van der Waals surface area contributed by atoms with Crippen LogP contribution in [0.3, 0.4) is 0 Å². The summed E-state index contributed by atoms with van der Waals surface area (Å²) in [5, 5.41) is 4.13. The standard InChI is InChI=1S/C17H28ClFN2/c1-4-10-20-16(9-11-21(5-2)6-3)13-14-12-15(18)7-8-17(14)19/h7-8,12,16,20H,4-6,9-11,13H2,1-3H3. The Hall–Kier alpha value is -0.640. The molecule has 1 N–H and O–H groups in total. The van der Waals surface area contributed by atoms with Crippen LogP contribution in [0.15, 0.2) is 18.2 Å². The summed E-state index contributed by atoms with van der Waals surface area (Å²) in [6.07, 6.45) is 2.79. The van der Waals surface area contributed by atoms with Crippen molar-refractivity contribution in [2.45, 2.75) is 46.1 Å². The third-order valence-corrected chi connectivity index (χ3v) is 4.08. The van der Waals surface area contributed by atoms with Gasteiger partial charge in [-0.2, -0.15) is 0 Å². The molecule has 0 aliphatic carbocycles. The fraction of sp³-hybridized carbons (Fsp3) is 0.647. The van der Waals surface area contributed by atoms with Gasteiger partial charge in [0.1, 0.15) is 5.82 Å². The lowest BCUT2D eigenvalue weighted by Crippen LogP contribution is -2.36. The normalized spacial score (nSPS) is 12.9. The van der Waals surface area contributed by atoms with E-state index < -0.39 is 0 Å². The molecule has 0 spiro atoms. The number of halogens is 2. The summed E-state index contributed by atoms with van der Waals surface area (Å²) in [5.41, 5.74) is 0.704. The van der Waals surface area contributed by atoms with Gasteiger partial charge in [-0.15, -0.1) is 0 Å². The second-order valence-corrected chi connectivity index (χ2v) is 5.84. The van der Waals surface area contributed by atoms with Gasteiger partial charge in [0.25, 0.3) is 0 Å². The van der Waals surface area contributed by atoms with Crippen LogP contribution in [0.5, 0.6) is 0 Å². The van der Waals surface area contributed by atoms with Gasteiger partial charge in [-0.3, -0.25) is 0 Å². The van der Waals surface area contributed by atoms with E-state index in [-0.39, 0.29) is 5.82 Å². The van der Waals surface area contributed by atoms with Crippen LogP contribution in [0.2, 0.25) is 5.02 Å². The molecular weight excluding hydrogens is 287 g/mol. The molecule has 1 rings (SSSR count). The second kappa shape index (κ2) is 10.1. The lowest BCUT2D eigenvalue weighted by Gasteiger charge is -2.24. The van der Waals surface area contributed by atoms with Gasteiger partial charge in [0.2, 0.25) is 0 Å². The van der Waals surface area contributed by atoms with Crippen LogP contribution in [-0.4, -0.2) is 37.1 Å². The Kier molecular flexibility index (Phi) is 8.90. The molecule has 4 heteroatoms. The van der Waals surface area contributed by atoms with Crippen molar-refractivity contribution < 1.29 is 4.39 Å². The SMILES string of the molecule is CCCNC(CCN(CC)CC)Cc1cc(Cl)ccc1F. The van der Waals surface area contributed by atoms with Crippen LogP contribution >= 0.6 is 11.6 Å². The average molecular weight is 315 g/mol. The first-order chi connectivity index (χ1) is 10.1. The molecule has 1 aromatic carbocycles. The number of hydrogen-bond donors (Lipinski definition) is 1. The maximum Gasteiger partial charge on any atom is 0.126 e. The molecule has 0 aliphatic heterocycles. The minimum atomic E-state index is -0.162. The minimum absolute atomic E-state index is 0.162. The molecule has 120 valence electrons. The van der Waals surface area contributed by atoms with Gasteiger partial charge in [0.05, 0.1) is 0 Å². The lowest BCUT2D eigenvalue weighted by atomic mass is 10.0. The molecule has 1 unspecified atom stereocenters. The minimum Gasteiger partial charge on any atom is -0.314 e. The Morgan fingerprint density at radius 1 is 1.24 bits per heavy atom. The van der Waals surface area contributed by atoms with E-state index in [0.29, 0.717) is 23.0 Å². The van der Waals surface area contributed by atoms with E-state index in [2.05, 4.69) is 31.0 Å². The van der Waals surface area contributed by atoms with Crippen molar-refractivity contribution in [2.24, 2.45) is 0 Å². The number of rotatable bonds is 10. The van der Waals surface area contributed by atoms with Crippen LogP contribution in [0.25, 0.3) is 0 Å². The molecule has 0 fully saturated rings. The fourth-order valence-corrected chi connectivity index (χ4v) is 2.66. The first-order valence-corrected chi connectivity index (χ1v) is 8.38. The largest absolute Gasteiger partial charge is 0.314 e. The predicted octanol–water partition coefficient (Wildman–Crippen LogP) is 4.12. The molecule has 0 saturated carbocycles. The van der Waals surface area contributed by atoms with Crippen LogP contribution in [-0.2, 0) is 6.42 Å². The molecule has 0 amide bonds. The molecule has 0 radical (unpaired) electrons. The highest BCUT2D eigenvalue weighted by Crippen LogP contribution is 2.17. The molecule has 0 aliphatic rings. The number of nitrogens with one attached hydrogen (secondary N) is 1. The quantitative estimate of drug-likeness (QED) is 0.699. The van der Waals surface area contributed by atoms with Crippen molar-refractivity contribution in [2.75, 3.05) is 26.2 Å².